The smallest absolute Gasteiger partial charge is 0.308 e. The molecule has 0 aromatic heterocycles. The quantitative estimate of drug-likeness (QED) is 0.709. The molecule has 0 saturated carbocycles. The van der Waals surface area contributed by atoms with Crippen molar-refractivity contribution in [3.8, 4) is 0 Å². The van der Waals surface area contributed by atoms with Crippen LogP contribution in [-0.2, 0) is 9.53 Å². The highest BCUT2D eigenvalue weighted by Crippen LogP contribution is 2.20. The molecule has 3 nitrogen and oxygen atoms in total. The van der Waals surface area contributed by atoms with Crippen LogP contribution in [0.2, 0.25) is 0 Å². The van der Waals surface area contributed by atoms with Gasteiger partial charge in [0.25, 0.3) is 0 Å². The Bertz CT molecular complexity index is 179. The van der Waals surface area contributed by atoms with Gasteiger partial charge in [-0.25, -0.2) is 0 Å². The van der Waals surface area contributed by atoms with E-state index < -0.39 is 6.10 Å². The second kappa shape index (κ2) is 5.35. The summed E-state index contributed by atoms with van der Waals surface area (Å²) in [6.45, 7) is 9.78. The highest BCUT2D eigenvalue weighted by atomic mass is 16.5. The summed E-state index contributed by atoms with van der Waals surface area (Å²) < 4.78 is 4.92. The van der Waals surface area contributed by atoms with Gasteiger partial charge in [0.15, 0.2) is 0 Å². The molecule has 0 heterocycles. The van der Waals surface area contributed by atoms with Crippen molar-refractivity contribution >= 4 is 5.97 Å². The molecule has 0 saturated heterocycles. The van der Waals surface area contributed by atoms with Crippen LogP contribution in [0.5, 0.6) is 0 Å². The molecule has 0 rings (SSSR count). The Balaban J connectivity index is 3.75. The van der Waals surface area contributed by atoms with E-state index >= 15 is 0 Å². The second-order valence-corrected chi connectivity index (χ2v) is 5.20. The van der Waals surface area contributed by atoms with Gasteiger partial charge in [-0.15, -0.1) is 0 Å². The Labute approximate surface area is 86.5 Å². The SMILES string of the molecule is CC(C)C(=O)OCC(O)CC(C)(C)C. The van der Waals surface area contributed by atoms with Crippen LogP contribution < -0.4 is 0 Å². The average molecular weight is 202 g/mol. The van der Waals surface area contributed by atoms with Gasteiger partial charge in [-0.2, -0.15) is 0 Å². The molecule has 0 spiro atoms. The molecule has 0 radical (unpaired) electrons. The minimum atomic E-state index is -0.558. The van der Waals surface area contributed by atoms with E-state index in [0.717, 1.165) is 0 Å². The van der Waals surface area contributed by atoms with Crippen LogP contribution in [0.1, 0.15) is 41.0 Å². The van der Waals surface area contributed by atoms with Crippen molar-refractivity contribution < 1.29 is 14.6 Å². The first-order valence-electron chi connectivity index (χ1n) is 5.07. The zero-order chi connectivity index (χ0) is 11.4. The van der Waals surface area contributed by atoms with E-state index in [2.05, 4.69) is 0 Å². The lowest BCUT2D eigenvalue weighted by molar-refractivity contribution is -0.150. The predicted molar refractivity (Wildman–Crippen MR) is 55.9 cm³/mol. The zero-order valence-electron chi connectivity index (χ0n) is 9.83. The third kappa shape index (κ3) is 6.89. The fourth-order valence-electron chi connectivity index (χ4n) is 1.11. The van der Waals surface area contributed by atoms with Gasteiger partial charge < -0.3 is 9.84 Å². The van der Waals surface area contributed by atoms with Crippen LogP contribution >= 0.6 is 0 Å². The summed E-state index contributed by atoms with van der Waals surface area (Å²) in [5, 5.41) is 9.54. The molecule has 0 aliphatic carbocycles. The highest BCUT2D eigenvalue weighted by Gasteiger charge is 2.18. The van der Waals surface area contributed by atoms with E-state index in [0.29, 0.717) is 6.42 Å². The Morgan fingerprint density at radius 3 is 2.21 bits per heavy atom. The molecule has 84 valence electrons. The Morgan fingerprint density at radius 1 is 1.36 bits per heavy atom. The van der Waals surface area contributed by atoms with Crippen molar-refractivity contribution in [2.24, 2.45) is 11.3 Å². The van der Waals surface area contributed by atoms with Crippen LogP contribution in [0.3, 0.4) is 0 Å². The largest absolute Gasteiger partial charge is 0.463 e. The second-order valence-electron chi connectivity index (χ2n) is 5.20. The summed E-state index contributed by atoms with van der Waals surface area (Å²) in [4.78, 5) is 11.1. The molecule has 0 aliphatic rings. The molecule has 1 unspecified atom stereocenters. The zero-order valence-corrected chi connectivity index (χ0v) is 9.83. The lowest BCUT2D eigenvalue weighted by Crippen LogP contribution is -2.25. The number of hydrogen-bond donors (Lipinski definition) is 1. The maximum Gasteiger partial charge on any atom is 0.308 e. The van der Waals surface area contributed by atoms with Crippen LogP contribution in [0.15, 0.2) is 0 Å². The molecule has 1 N–H and O–H groups in total. The fraction of sp³-hybridized carbons (Fsp3) is 0.909. The van der Waals surface area contributed by atoms with E-state index in [1.165, 1.54) is 0 Å². The van der Waals surface area contributed by atoms with Gasteiger partial charge in [0.2, 0.25) is 0 Å². The number of carbonyl (C=O) groups is 1. The number of aliphatic hydroxyl groups is 1. The number of hydrogen-bond acceptors (Lipinski definition) is 3. The molecule has 0 aromatic carbocycles. The van der Waals surface area contributed by atoms with Gasteiger partial charge >= 0.3 is 5.97 Å². The molecular weight excluding hydrogens is 180 g/mol. The van der Waals surface area contributed by atoms with Crippen LogP contribution in [-0.4, -0.2) is 23.8 Å². The van der Waals surface area contributed by atoms with E-state index in [1.807, 2.05) is 20.8 Å². The summed E-state index contributed by atoms with van der Waals surface area (Å²) in [5.74, 6) is -0.380. The summed E-state index contributed by atoms with van der Waals surface area (Å²) in [6.07, 6.45) is 0.0796. The van der Waals surface area contributed by atoms with Crippen molar-refractivity contribution in [1.29, 1.82) is 0 Å². The first kappa shape index (κ1) is 13.4. The Hall–Kier alpha value is -0.570. The van der Waals surface area contributed by atoms with Crippen LogP contribution in [0, 0.1) is 11.3 Å². The maximum atomic E-state index is 11.1. The van der Waals surface area contributed by atoms with Crippen LogP contribution in [0.4, 0.5) is 0 Å². The minimum absolute atomic E-state index is 0.0592. The van der Waals surface area contributed by atoms with Gasteiger partial charge in [0, 0.05) is 0 Å². The van der Waals surface area contributed by atoms with E-state index in [9.17, 15) is 9.90 Å². The maximum absolute atomic E-state index is 11.1. The molecule has 14 heavy (non-hydrogen) atoms. The van der Waals surface area contributed by atoms with Gasteiger partial charge in [-0.05, 0) is 11.8 Å². The molecule has 0 fully saturated rings. The monoisotopic (exact) mass is 202 g/mol. The standard InChI is InChI=1S/C11H22O3/c1-8(2)10(13)14-7-9(12)6-11(3,4)5/h8-9,12H,6-7H2,1-5H3. The number of ether oxygens (including phenoxy) is 1. The predicted octanol–water partition coefficient (Wildman–Crippen LogP) is 1.98. The van der Waals surface area contributed by atoms with Crippen molar-refractivity contribution in [2.75, 3.05) is 6.61 Å². The lowest BCUT2D eigenvalue weighted by Gasteiger charge is -2.22. The number of rotatable bonds is 4. The van der Waals surface area contributed by atoms with Crippen molar-refractivity contribution in [1.82, 2.24) is 0 Å². The first-order chi connectivity index (χ1) is 6.22. The fourth-order valence-corrected chi connectivity index (χ4v) is 1.11. The third-order valence-electron chi connectivity index (χ3n) is 1.74. The van der Waals surface area contributed by atoms with E-state index in [4.69, 9.17) is 4.74 Å². The van der Waals surface area contributed by atoms with Gasteiger partial charge in [-0.1, -0.05) is 34.6 Å². The summed E-state index contributed by atoms with van der Waals surface area (Å²) >= 11 is 0. The van der Waals surface area contributed by atoms with Crippen molar-refractivity contribution in [3.63, 3.8) is 0 Å². The third-order valence-corrected chi connectivity index (χ3v) is 1.74. The highest BCUT2D eigenvalue weighted by molar-refractivity contribution is 5.71. The number of carbonyl (C=O) groups excluding carboxylic acids is 1. The average Bonchev–Trinajstić information content (AvgIpc) is 1.96. The number of aliphatic hydroxyl groups excluding tert-OH is 1. The molecular formula is C11H22O3. The van der Waals surface area contributed by atoms with Crippen LogP contribution in [0.25, 0.3) is 0 Å². The number of esters is 1. The normalized spacial score (nSPS) is 14.2. The Kier molecular flexibility index (Phi) is 5.13. The van der Waals surface area contributed by atoms with Crippen molar-refractivity contribution in [2.45, 2.75) is 47.1 Å². The molecule has 1 atom stereocenters. The molecule has 0 amide bonds. The van der Waals surface area contributed by atoms with Gasteiger partial charge in [0.05, 0.1) is 12.0 Å². The molecule has 0 aromatic rings. The molecule has 0 bridgehead atoms. The topological polar surface area (TPSA) is 46.5 Å². The first-order valence-corrected chi connectivity index (χ1v) is 5.07. The summed E-state index contributed by atoms with van der Waals surface area (Å²) in [7, 11) is 0. The molecule has 0 aliphatic heterocycles. The lowest BCUT2D eigenvalue weighted by atomic mass is 9.89. The minimum Gasteiger partial charge on any atom is -0.463 e. The van der Waals surface area contributed by atoms with Gasteiger partial charge in [-0.3, -0.25) is 4.79 Å². The molecule has 3 heteroatoms. The van der Waals surface area contributed by atoms with E-state index in [1.54, 1.807) is 13.8 Å². The Morgan fingerprint density at radius 2 is 1.86 bits per heavy atom. The van der Waals surface area contributed by atoms with Crippen molar-refractivity contribution in [3.05, 3.63) is 0 Å². The summed E-state index contributed by atoms with van der Waals surface area (Å²) in [6, 6.07) is 0. The van der Waals surface area contributed by atoms with Gasteiger partial charge in [0.1, 0.15) is 6.61 Å². The summed E-state index contributed by atoms with van der Waals surface area (Å²) in [5.41, 5.74) is 0.0592. The van der Waals surface area contributed by atoms with E-state index in [-0.39, 0.29) is 23.9 Å².